The number of hydrogen-bond donors (Lipinski definition) is 0. The molecule has 0 radical (unpaired) electrons. The minimum atomic E-state index is -0.565. The molecule has 0 N–H and O–H groups in total. The van der Waals surface area contributed by atoms with Crippen molar-refractivity contribution in [3.05, 3.63) is 35.4 Å². The lowest BCUT2D eigenvalue weighted by Gasteiger charge is -2.34. The highest BCUT2D eigenvalue weighted by Gasteiger charge is 2.39. The molecule has 2 nitrogen and oxygen atoms in total. The first-order valence-electron chi connectivity index (χ1n) is 7.41. The van der Waals surface area contributed by atoms with Crippen molar-refractivity contribution in [2.75, 3.05) is 7.11 Å². The summed E-state index contributed by atoms with van der Waals surface area (Å²) in [4.78, 5) is 12.7. The van der Waals surface area contributed by atoms with Crippen LogP contribution < -0.4 is 0 Å². The lowest BCUT2D eigenvalue weighted by Crippen LogP contribution is -2.42. The first-order valence-corrected chi connectivity index (χ1v) is 7.41. The zero-order valence-corrected chi connectivity index (χ0v) is 12.1. The third kappa shape index (κ3) is 3.06. The Kier molecular flexibility index (Phi) is 4.76. The van der Waals surface area contributed by atoms with E-state index in [2.05, 4.69) is 19.1 Å². The Morgan fingerprint density at radius 2 is 1.79 bits per heavy atom. The Balaban J connectivity index is 2.17. The van der Waals surface area contributed by atoms with Gasteiger partial charge in [0, 0.05) is 12.7 Å². The number of hydrogen-bond acceptors (Lipinski definition) is 2. The van der Waals surface area contributed by atoms with Crippen molar-refractivity contribution < 1.29 is 9.53 Å². The van der Waals surface area contributed by atoms with Crippen LogP contribution in [-0.2, 0) is 11.2 Å². The minimum absolute atomic E-state index is 0.165. The van der Waals surface area contributed by atoms with E-state index in [4.69, 9.17) is 4.74 Å². The number of rotatable bonds is 5. The van der Waals surface area contributed by atoms with Gasteiger partial charge in [0.2, 0.25) is 0 Å². The molecule has 0 atom stereocenters. The van der Waals surface area contributed by atoms with Crippen LogP contribution in [0.25, 0.3) is 0 Å². The van der Waals surface area contributed by atoms with Gasteiger partial charge < -0.3 is 4.74 Å². The van der Waals surface area contributed by atoms with Gasteiger partial charge in [0.1, 0.15) is 5.60 Å². The molecule has 0 saturated heterocycles. The average molecular weight is 260 g/mol. The van der Waals surface area contributed by atoms with E-state index in [9.17, 15) is 4.79 Å². The van der Waals surface area contributed by atoms with Crippen LogP contribution in [-0.4, -0.2) is 18.5 Å². The van der Waals surface area contributed by atoms with Crippen molar-refractivity contribution in [1.82, 2.24) is 0 Å². The molecule has 1 fully saturated rings. The molecule has 0 aliphatic heterocycles. The predicted molar refractivity (Wildman–Crippen MR) is 77.6 cm³/mol. The third-order valence-electron chi connectivity index (χ3n) is 4.22. The fraction of sp³-hybridized carbons (Fsp3) is 0.588. The van der Waals surface area contributed by atoms with E-state index in [1.165, 1.54) is 12.0 Å². The van der Waals surface area contributed by atoms with Crippen molar-refractivity contribution in [1.29, 1.82) is 0 Å². The SMILES string of the molecule is CCCc1ccc(C(=O)C2(OC)CCCCC2)cc1. The van der Waals surface area contributed by atoms with Crippen LogP contribution in [0, 0.1) is 0 Å². The Morgan fingerprint density at radius 1 is 1.16 bits per heavy atom. The van der Waals surface area contributed by atoms with Crippen LogP contribution in [0.4, 0.5) is 0 Å². The average Bonchev–Trinajstić information content (AvgIpc) is 2.48. The highest BCUT2D eigenvalue weighted by Crippen LogP contribution is 2.34. The van der Waals surface area contributed by atoms with E-state index >= 15 is 0 Å². The molecule has 1 aromatic rings. The number of methoxy groups -OCH3 is 1. The van der Waals surface area contributed by atoms with E-state index in [1.807, 2.05) is 12.1 Å². The summed E-state index contributed by atoms with van der Waals surface area (Å²) < 4.78 is 5.62. The molecule has 19 heavy (non-hydrogen) atoms. The van der Waals surface area contributed by atoms with Gasteiger partial charge in [0.15, 0.2) is 5.78 Å². The van der Waals surface area contributed by atoms with E-state index in [-0.39, 0.29) is 5.78 Å². The molecule has 0 bridgehead atoms. The summed E-state index contributed by atoms with van der Waals surface area (Å²) in [6, 6.07) is 8.07. The molecule has 0 unspecified atom stereocenters. The van der Waals surface area contributed by atoms with Crippen LogP contribution in [0.5, 0.6) is 0 Å². The lowest BCUT2D eigenvalue weighted by atomic mass is 9.79. The van der Waals surface area contributed by atoms with Gasteiger partial charge in [-0.15, -0.1) is 0 Å². The molecule has 104 valence electrons. The summed E-state index contributed by atoms with van der Waals surface area (Å²) in [5.74, 6) is 0.165. The summed E-state index contributed by atoms with van der Waals surface area (Å²) >= 11 is 0. The van der Waals surface area contributed by atoms with Crippen LogP contribution in [0.3, 0.4) is 0 Å². The molecule has 2 heteroatoms. The molecule has 0 heterocycles. The van der Waals surface area contributed by atoms with Crippen molar-refractivity contribution >= 4 is 5.78 Å². The zero-order valence-electron chi connectivity index (χ0n) is 12.1. The molecular weight excluding hydrogens is 236 g/mol. The number of benzene rings is 1. The van der Waals surface area contributed by atoms with E-state index in [0.29, 0.717) is 0 Å². The van der Waals surface area contributed by atoms with Gasteiger partial charge in [-0.1, -0.05) is 56.9 Å². The van der Waals surface area contributed by atoms with Crippen molar-refractivity contribution in [2.45, 2.75) is 57.5 Å². The van der Waals surface area contributed by atoms with E-state index in [0.717, 1.165) is 44.1 Å². The van der Waals surface area contributed by atoms with Crippen molar-refractivity contribution in [2.24, 2.45) is 0 Å². The van der Waals surface area contributed by atoms with E-state index in [1.54, 1.807) is 7.11 Å². The number of carbonyl (C=O) groups excluding carboxylic acids is 1. The molecule has 2 rings (SSSR count). The molecule has 0 aromatic heterocycles. The second-order valence-electron chi connectivity index (χ2n) is 5.54. The van der Waals surface area contributed by atoms with Gasteiger partial charge in [-0.25, -0.2) is 0 Å². The fourth-order valence-electron chi connectivity index (χ4n) is 3.02. The van der Waals surface area contributed by atoms with Crippen LogP contribution >= 0.6 is 0 Å². The second-order valence-corrected chi connectivity index (χ2v) is 5.54. The third-order valence-corrected chi connectivity index (χ3v) is 4.22. The smallest absolute Gasteiger partial charge is 0.194 e. The van der Waals surface area contributed by atoms with Gasteiger partial charge in [-0.2, -0.15) is 0 Å². The molecule has 0 amide bonds. The maximum atomic E-state index is 12.7. The number of aryl methyl sites for hydroxylation is 1. The zero-order chi connectivity index (χ0) is 13.7. The van der Waals surface area contributed by atoms with Gasteiger partial charge in [0.25, 0.3) is 0 Å². The van der Waals surface area contributed by atoms with Crippen molar-refractivity contribution in [3.63, 3.8) is 0 Å². The molecule has 1 saturated carbocycles. The Bertz CT molecular complexity index is 413. The van der Waals surface area contributed by atoms with Gasteiger partial charge >= 0.3 is 0 Å². The summed E-state index contributed by atoms with van der Waals surface area (Å²) in [5, 5.41) is 0. The molecule has 1 aliphatic carbocycles. The highest BCUT2D eigenvalue weighted by molar-refractivity contribution is 6.02. The Hall–Kier alpha value is -1.15. The first kappa shape index (κ1) is 14.3. The van der Waals surface area contributed by atoms with Crippen LogP contribution in [0.2, 0.25) is 0 Å². The second kappa shape index (κ2) is 6.33. The lowest BCUT2D eigenvalue weighted by molar-refractivity contribution is -0.0194. The summed E-state index contributed by atoms with van der Waals surface area (Å²) in [5.41, 5.74) is 1.53. The van der Waals surface area contributed by atoms with Crippen LogP contribution in [0.15, 0.2) is 24.3 Å². The number of carbonyl (C=O) groups is 1. The largest absolute Gasteiger partial charge is 0.370 e. The molecule has 1 aliphatic rings. The predicted octanol–water partition coefficient (Wildman–Crippen LogP) is 4.17. The number of ether oxygens (including phenoxy) is 1. The summed E-state index contributed by atoms with van der Waals surface area (Å²) in [7, 11) is 1.68. The summed E-state index contributed by atoms with van der Waals surface area (Å²) in [6.45, 7) is 2.17. The Morgan fingerprint density at radius 3 is 2.32 bits per heavy atom. The maximum absolute atomic E-state index is 12.7. The van der Waals surface area contributed by atoms with E-state index < -0.39 is 5.60 Å². The van der Waals surface area contributed by atoms with Crippen LogP contribution in [0.1, 0.15) is 61.4 Å². The molecule has 1 aromatic carbocycles. The molecular formula is C17H24O2. The monoisotopic (exact) mass is 260 g/mol. The summed E-state index contributed by atoms with van der Waals surface area (Å²) in [6.07, 6.45) is 7.33. The number of ketones is 1. The topological polar surface area (TPSA) is 26.3 Å². The Labute approximate surface area is 116 Å². The molecule has 0 spiro atoms. The normalized spacial score (nSPS) is 18.2. The van der Waals surface area contributed by atoms with Gasteiger partial charge in [0.05, 0.1) is 0 Å². The van der Waals surface area contributed by atoms with Gasteiger partial charge in [-0.3, -0.25) is 4.79 Å². The van der Waals surface area contributed by atoms with Gasteiger partial charge in [-0.05, 0) is 24.8 Å². The fourth-order valence-corrected chi connectivity index (χ4v) is 3.02. The minimum Gasteiger partial charge on any atom is -0.370 e. The standard InChI is InChI=1S/C17H24O2/c1-3-7-14-8-10-15(11-9-14)16(18)17(19-2)12-5-4-6-13-17/h8-11H,3-7,12-13H2,1-2H3. The number of Topliss-reactive ketones (excluding diaryl/α,β-unsaturated/α-hetero) is 1. The van der Waals surface area contributed by atoms with Crippen molar-refractivity contribution in [3.8, 4) is 0 Å². The maximum Gasteiger partial charge on any atom is 0.194 e. The highest BCUT2D eigenvalue weighted by atomic mass is 16.5. The quantitative estimate of drug-likeness (QED) is 0.743. The first-order chi connectivity index (χ1) is 9.22.